The molecule has 0 saturated carbocycles. The Bertz CT molecular complexity index is 651. The molecular formula is C17H19FN2O. The number of hydrogen-bond donors (Lipinski definition) is 1. The highest BCUT2D eigenvalue weighted by molar-refractivity contribution is 5.80. The van der Waals surface area contributed by atoms with Gasteiger partial charge in [0.2, 0.25) is 0 Å². The van der Waals surface area contributed by atoms with E-state index < -0.39 is 5.82 Å². The molecule has 4 heteroatoms. The van der Waals surface area contributed by atoms with E-state index >= 15 is 0 Å². The molecule has 21 heavy (non-hydrogen) atoms. The standard InChI is InChI=1S/C17H19FN2O/c1-4-14-7-6-12(10-20-14)17-15(11(3)21-5-2)8-13(19)9-16(17)18/h6-10H,3-5,19H2,1-2H3. The number of aryl methyl sites for hydroxylation is 1. The molecule has 0 radical (unpaired) electrons. The van der Waals surface area contributed by atoms with Gasteiger partial charge < -0.3 is 10.5 Å². The molecule has 2 rings (SSSR count). The van der Waals surface area contributed by atoms with Crippen LogP contribution in [0.15, 0.2) is 37.0 Å². The third-order valence-corrected chi connectivity index (χ3v) is 3.21. The predicted octanol–water partition coefficient (Wildman–Crippen LogP) is 4.04. The van der Waals surface area contributed by atoms with Gasteiger partial charge >= 0.3 is 0 Å². The summed E-state index contributed by atoms with van der Waals surface area (Å²) in [7, 11) is 0. The van der Waals surface area contributed by atoms with Crippen LogP contribution in [0.2, 0.25) is 0 Å². The van der Waals surface area contributed by atoms with Crippen LogP contribution in [0.25, 0.3) is 16.9 Å². The van der Waals surface area contributed by atoms with Gasteiger partial charge in [-0.05, 0) is 31.5 Å². The van der Waals surface area contributed by atoms with Crippen LogP contribution >= 0.6 is 0 Å². The van der Waals surface area contributed by atoms with E-state index in [0.29, 0.717) is 34.7 Å². The van der Waals surface area contributed by atoms with Gasteiger partial charge in [0.15, 0.2) is 0 Å². The smallest absolute Gasteiger partial charge is 0.133 e. The second kappa shape index (κ2) is 6.39. The number of nitrogen functional groups attached to an aromatic ring is 1. The third kappa shape index (κ3) is 3.21. The Balaban J connectivity index is 2.57. The molecule has 1 aromatic carbocycles. The van der Waals surface area contributed by atoms with Crippen molar-refractivity contribution in [1.29, 1.82) is 0 Å². The zero-order chi connectivity index (χ0) is 15.4. The van der Waals surface area contributed by atoms with E-state index in [1.807, 2.05) is 26.0 Å². The van der Waals surface area contributed by atoms with Crippen molar-refractivity contribution in [3.05, 3.63) is 54.1 Å². The number of nitrogens with two attached hydrogens (primary N) is 1. The van der Waals surface area contributed by atoms with Crippen LogP contribution < -0.4 is 5.73 Å². The van der Waals surface area contributed by atoms with Crippen LogP contribution in [-0.4, -0.2) is 11.6 Å². The number of benzene rings is 1. The van der Waals surface area contributed by atoms with E-state index in [1.54, 1.807) is 12.3 Å². The minimum atomic E-state index is -0.406. The van der Waals surface area contributed by atoms with E-state index in [1.165, 1.54) is 6.07 Å². The maximum Gasteiger partial charge on any atom is 0.133 e. The van der Waals surface area contributed by atoms with Crippen molar-refractivity contribution >= 4 is 11.4 Å². The molecule has 0 bridgehead atoms. The molecule has 0 saturated heterocycles. The number of pyridine rings is 1. The third-order valence-electron chi connectivity index (χ3n) is 3.21. The van der Waals surface area contributed by atoms with Gasteiger partial charge in [0.25, 0.3) is 0 Å². The highest BCUT2D eigenvalue weighted by Crippen LogP contribution is 2.33. The zero-order valence-corrected chi connectivity index (χ0v) is 12.3. The fraction of sp³-hybridized carbons (Fsp3) is 0.235. The first-order valence-corrected chi connectivity index (χ1v) is 6.93. The molecule has 1 aromatic heterocycles. The zero-order valence-electron chi connectivity index (χ0n) is 12.3. The molecule has 0 atom stereocenters. The minimum absolute atomic E-state index is 0.338. The number of aromatic nitrogens is 1. The lowest BCUT2D eigenvalue weighted by Crippen LogP contribution is -2.00. The quantitative estimate of drug-likeness (QED) is 0.666. The van der Waals surface area contributed by atoms with Crippen molar-refractivity contribution in [3.8, 4) is 11.1 Å². The number of ether oxygens (including phenoxy) is 1. The SMILES string of the molecule is C=C(OCC)c1cc(N)cc(F)c1-c1ccc(CC)nc1. The maximum absolute atomic E-state index is 14.4. The largest absolute Gasteiger partial charge is 0.494 e. The van der Waals surface area contributed by atoms with E-state index in [2.05, 4.69) is 11.6 Å². The number of hydrogen-bond acceptors (Lipinski definition) is 3. The van der Waals surface area contributed by atoms with Crippen LogP contribution in [0.1, 0.15) is 25.1 Å². The van der Waals surface area contributed by atoms with E-state index in [9.17, 15) is 4.39 Å². The number of anilines is 1. The highest BCUT2D eigenvalue weighted by atomic mass is 19.1. The first kappa shape index (κ1) is 15.0. The molecule has 110 valence electrons. The fourth-order valence-electron chi connectivity index (χ4n) is 2.17. The topological polar surface area (TPSA) is 48.1 Å². The van der Waals surface area contributed by atoms with Crippen LogP contribution in [0.5, 0.6) is 0 Å². The summed E-state index contributed by atoms with van der Waals surface area (Å²) in [5, 5.41) is 0. The highest BCUT2D eigenvalue weighted by Gasteiger charge is 2.16. The first-order valence-electron chi connectivity index (χ1n) is 6.93. The Morgan fingerprint density at radius 3 is 2.67 bits per heavy atom. The Labute approximate surface area is 124 Å². The molecule has 0 aliphatic rings. The molecule has 0 fully saturated rings. The van der Waals surface area contributed by atoms with Gasteiger partial charge in [-0.25, -0.2) is 4.39 Å². The van der Waals surface area contributed by atoms with Gasteiger partial charge in [-0.15, -0.1) is 0 Å². The normalized spacial score (nSPS) is 10.4. The first-order chi connectivity index (χ1) is 10.1. The minimum Gasteiger partial charge on any atom is -0.494 e. The summed E-state index contributed by atoms with van der Waals surface area (Å²) in [4.78, 5) is 4.32. The lowest BCUT2D eigenvalue weighted by atomic mass is 9.98. The molecule has 0 aliphatic heterocycles. The second-order valence-electron chi connectivity index (χ2n) is 4.67. The van der Waals surface area contributed by atoms with Gasteiger partial charge in [-0.2, -0.15) is 0 Å². The molecule has 3 nitrogen and oxygen atoms in total. The van der Waals surface area contributed by atoms with Gasteiger partial charge in [0.05, 0.1) is 6.61 Å². The molecule has 0 amide bonds. The van der Waals surface area contributed by atoms with Gasteiger partial charge in [0, 0.05) is 34.3 Å². The van der Waals surface area contributed by atoms with Crippen molar-refractivity contribution in [2.24, 2.45) is 0 Å². The van der Waals surface area contributed by atoms with Crippen molar-refractivity contribution in [1.82, 2.24) is 4.98 Å². The number of halogens is 1. The van der Waals surface area contributed by atoms with Gasteiger partial charge in [0.1, 0.15) is 11.6 Å². The summed E-state index contributed by atoms with van der Waals surface area (Å²) >= 11 is 0. The van der Waals surface area contributed by atoms with Gasteiger partial charge in [-0.1, -0.05) is 19.6 Å². The summed E-state index contributed by atoms with van der Waals surface area (Å²) < 4.78 is 19.8. The van der Waals surface area contributed by atoms with E-state index in [0.717, 1.165) is 12.1 Å². The van der Waals surface area contributed by atoms with Crippen molar-refractivity contribution in [3.63, 3.8) is 0 Å². The summed E-state index contributed by atoms with van der Waals surface area (Å²) in [6.07, 6.45) is 2.50. The number of rotatable bonds is 5. The van der Waals surface area contributed by atoms with Crippen LogP contribution in [-0.2, 0) is 11.2 Å². The monoisotopic (exact) mass is 286 g/mol. The Hall–Kier alpha value is -2.36. The molecule has 0 spiro atoms. The summed E-state index contributed by atoms with van der Waals surface area (Å²) in [6, 6.07) is 6.71. The van der Waals surface area contributed by atoms with E-state index in [4.69, 9.17) is 10.5 Å². The Morgan fingerprint density at radius 2 is 2.10 bits per heavy atom. The van der Waals surface area contributed by atoms with Crippen LogP contribution in [0.3, 0.4) is 0 Å². The molecule has 0 aliphatic carbocycles. The fourth-order valence-corrected chi connectivity index (χ4v) is 2.17. The predicted molar refractivity (Wildman–Crippen MR) is 84.1 cm³/mol. The Morgan fingerprint density at radius 1 is 1.33 bits per heavy atom. The molecule has 0 unspecified atom stereocenters. The van der Waals surface area contributed by atoms with Crippen LogP contribution in [0, 0.1) is 5.82 Å². The lowest BCUT2D eigenvalue weighted by molar-refractivity contribution is 0.299. The Kier molecular flexibility index (Phi) is 4.58. The summed E-state index contributed by atoms with van der Waals surface area (Å²) in [5.74, 6) is -0.00447. The van der Waals surface area contributed by atoms with Crippen molar-refractivity contribution < 1.29 is 9.13 Å². The molecular weight excluding hydrogens is 267 g/mol. The van der Waals surface area contributed by atoms with E-state index in [-0.39, 0.29) is 0 Å². The molecule has 2 aromatic rings. The van der Waals surface area contributed by atoms with Crippen LogP contribution in [0.4, 0.5) is 10.1 Å². The average molecular weight is 286 g/mol. The molecule has 1 heterocycles. The maximum atomic E-state index is 14.4. The van der Waals surface area contributed by atoms with Gasteiger partial charge in [-0.3, -0.25) is 4.98 Å². The van der Waals surface area contributed by atoms with Crippen molar-refractivity contribution in [2.45, 2.75) is 20.3 Å². The average Bonchev–Trinajstić information content (AvgIpc) is 2.47. The second-order valence-corrected chi connectivity index (χ2v) is 4.67. The summed E-state index contributed by atoms with van der Waals surface area (Å²) in [6.45, 7) is 8.19. The summed E-state index contributed by atoms with van der Waals surface area (Å²) in [5.41, 5.74) is 8.68. The lowest BCUT2D eigenvalue weighted by Gasteiger charge is -2.14. The van der Waals surface area contributed by atoms with Crippen molar-refractivity contribution in [2.75, 3.05) is 12.3 Å². The molecule has 2 N–H and O–H groups in total. The number of nitrogens with zero attached hydrogens (tertiary/aromatic N) is 1.